The van der Waals surface area contributed by atoms with Gasteiger partial charge in [-0.05, 0) is 73.7 Å². The minimum absolute atomic E-state index is 0.192. The Labute approximate surface area is 177 Å². The van der Waals surface area contributed by atoms with E-state index >= 15 is 0 Å². The Morgan fingerprint density at radius 2 is 1.73 bits per heavy atom. The first-order chi connectivity index (χ1) is 14.5. The highest BCUT2D eigenvalue weighted by Gasteiger charge is 2.11. The molecule has 0 unspecified atom stereocenters. The van der Waals surface area contributed by atoms with Crippen LogP contribution in [-0.4, -0.2) is 12.5 Å². The van der Waals surface area contributed by atoms with Crippen molar-refractivity contribution in [2.75, 3.05) is 11.9 Å². The Morgan fingerprint density at radius 3 is 2.43 bits per heavy atom. The zero-order valence-corrected chi connectivity index (χ0v) is 16.9. The smallest absolute Gasteiger partial charge is 0.255 e. The third kappa shape index (κ3) is 4.21. The number of carbonyl (C=O) groups is 1. The molecule has 0 saturated heterocycles. The van der Waals surface area contributed by atoms with E-state index in [0.717, 1.165) is 11.3 Å². The molecular weight excluding hydrogens is 402 g/mol. The third-order valence-corrected chi connectivity index (χ3v) is 4.79. The number of fused-ring (bicyclic) bond motifs is 1. The standard InChI is InChI=1S/C24H18ClNO4/c1-2-29-19-10-5-15(6-11-19)23-14-21(27)20-13-18(9-12-22(20)30-23)26-24(28)16-3-7-17(25)8-4-16/h3-14H,2H2,1H3,(H,26,28). The van der Waals surface area contributed by atoms with Crippen molar-refractivity contribution in [2.24, 2.45) is 0 Å². The molecular formula is C24H18ClNO4. The molecule has 0 saturated carbocycles. The second-order valence-corrected chi connectivity index (χ2v) is 7.04. The molecule has 1 aromatic heterocycles. The molecule has 0 aliphatic carbocycles. The van der Waals surface area contributed by atoms with E-state index in [1.807, 2.05) is 31.2 Å². The lowest BCUT2D eigenvalue weighted by atomic mass is 10.1. The van der Waals surface area contributed by atoms with Gasteiger partial charge in [0.2, 0.25) is 0 Å². The van der Waals surface area contributed by atoms with Crippen molar-refractivity contribution in [2.45, 2.75) is 6.92 Å². The van der Waals surface area contributed by atoms with Gasteiger partial charge in [0.15, 0.2) is 5.43 Å². The Hall–Kier alpha value is -3.57. The second kappa shape index (κ2) is 8.43. The van der Waals surface area contributed by atoms with E-state index in [2.05, 4.69) is 5.32 Å². The van der Waals surface area contributed by atoms with Crippen molar-refractivity contribution in [1.29, 1.82) is 0 Å². The Kier molecular flexibility index (Phi) is 5.55. The number of hydrogen-bond donors (Lipinski definition) is 1. The van der Waals surface area contributed by atoms with E-state index in [4.69, 9.17) is 20.8 Å². The van der Waals surface area contributed by atoms with Crippen LogP contribution in [0.25, 0.3) is 22.3 Å². The van der Waals surface area contributed by atoms with Crippen molar-refractivity contribution in [3.05, 3.63) is 93.6 Å². The summed E-state index contributed by atoms with van der Waals surface area (Å²) in [5, 5.41) is 3.73. The fourth-order valence-corrected chi connectivity index (χ4v) is 3.19. The summed E-state index contributed by atoms with van der Waals surface area (Å²) in [6, 6.07) is 20.3. The van der Waals surface area contributed by atoms with E-state index < -0.39 is 0 Å². The van der Waals surface area contributed by atoms with Gasteiger partial charge in [-0.15, -0.1) is 0 Å². The van der Waals surface area contributed by atoms with E-state index in [1.54, 1.807) is 42.5 Å². The largest absolute Gasteiger partial charge is 0.494 e. The molecule has 1 N–H and O–H groups in total. The molecule has 5 nitrogen and oxygen atoms in total. The maximum atomic E-state index is 12.7. The van der Waals surface area contributed by atoms with Crippen LogP contribution in [0.1, 0.15) is 17.3 Å². The van der Waals surface area contributed by atoms with Gasteiger partial charge >= 0.3 is 0 Å². The molecule has 0 fully saturated rings. The fraction of sp³-hybridized carbons (Fsp3) is 0.0833. The Morgan fingerprint density at radius 1 is 1.00 bits per heavy atom. The van der Waals surface area contributed by atoms with E-state index in [9.17, 15) is 9.59 Å². The van der Waals surface area contributed by atoms with Gasteiger partial charge in [-0.1, -0.05) is 11.6 Å². The molecule has 4 aromatic rings. The number of nitrogens with one attached hydrogen (secondary N) is 1. The molecule has 4 rings (SSSR count). The normalized spacial score (nSPS) is 10.7. The number of anilines is 1. The van der Waals surface area contributed by atoms with Crippen molar-refractivity contribution in [1.82, 2.24) is 0 Å². The summed E-state index contributed by atoms with van der Waals surface area (Å²) in [4.78, 5) is 25.1. The predicted molar refractivity (Wildman–Crippen MR) is 118 cm³/mol. The monoisotopic (exact) mass is 419 g/mol. The van der Waals surface area contributed by atoms with E-state index in [0.29, 0.717) is 39.6 Å². The van der Waals surface area contributed by atoms with Gasteiger partial charge in [0.25, 0.3) is 5.91 Å². The number of carbonyl (C=O) groups excluding carboxylic acids is 1. The van der Waals surface area contributed by atoms with Crippen molar-refractivity contribution >= 4 is 34.2 Å². The molecule has 0 atom stereocenters. The summed E-state index contributed by atoms with van der Waals surface area (Å²) in [5.74, 6) is 0.931. The zero-order valence-electron chi connectivity index (χ0n) is 16.1. The second-order valence-electron chi connectivity index (χ2n) is 6.60. The lowest BCUT2D eigenvalue weighted by Gasteiger charge is -2.08. The van der Waals surface area contributed by atoms with E-state index in [1.165, 1.54) is 6.07 Å². The van der Waals surface area contributed by atoms with Gasteiger partial charge in [0.1, 0.15) is 17.1 Å². The summed E-state index contributed by atoms with van der Waals surface area (Å²) in [5.41, 5.74) is 2.00. The quantitative estimate of drug-likeness (QED) is 0.446. The third-order valence-electron chi connectivity index (χ3n) is 4.54. The van der Waals surface area contributed by atoms with Crippen LogP contribution < -0.4 is 15.5 Å². The van der Waals surface area contributed by atoms with Gasteiger partial charge in [-0.25, -0.2) is 0 Å². The summed E-state index contributed by atoms with van der Waals surface area (Å²) in [6.45, 7) is 2.50. The number of halogens is 1. The minimum Gasteiger partial charge on any atom is -0.494 e. The van der Waals surface area contributed by atoms with E-state index in [-0.39, 0.29) is 11.3 Å². The van der Waals surface area contributed by atoms with Crippen molar-refractivity contribution in [3.8, 4) is 17.1 Å². The maximum Gasteiger partial charge on any atom is 0.255 e. The highest BCUT2D eigenvalue weighted by Crippen LogP contribution is 2.26. The highest BCUT2D eigenvalue weighted by molar-refractivity contribution is 6.30. The van der Waals surface area contributed by atoms with Gasteiger partial charge < -0.3 is 14.5 Å². The van der Waals surface area contributed by atoms with Crippen LogP contribution in [0.2, 0.25) is 5.02 Å². The first kappa shape index (κ1) is 19.7. The lowest BCUT2D eigenvalue weighted by Crippen LogP contribution is -2.12. The minimum atomic E-state index is -0.290. The average Bonchev–Trinajstić information content (AvgIpc) is 2.75. The summed E-state index contributed by atoms with van der Waals surface area (Å²) < 4.78 is 11.4. The number of hydrogen-bond acceptors (Lipinski definition) is 4. The van der Waals surface area contributed by atoms with Gasteiger partial charge in [0, 0.05) is 27.9 Å². The summed E-state index contributed by atoms with van der Waals surface area (Å²) >= 11 is 5.86. The van der Waals surface area contributed by atoms with Gasteiger partial charge in [-0.2, -0.15) is 0 Å². The van der Waals surface area contributed by atoms with Crippen LogP contribution in [0.4, 0.5) is 5.69 Å². The van der Waals surface area contributed by atoms with Gasteiger partial charge in [-0.3, -0.25) is 9.59 Å². The number of rotatable bonds is 5. The van der Waals surface area contributed by atoms with Crippen LogP contribution in [0.15, 0.2) is 82.0 Å². The number of benzene rings is 3. The molecule has 150 valence electrons. The first-order valence-corrected chi connectivity index (χ1v) is 9.79. The van der Waals surface area contributed by atoms with Crippen molar-refractivity contribution in [3.63, 3.8) is 0 Å². The molecule has 0 aliphatic heterocycles. The fourth-order valence-electron chi connectivity index (χ4n) is 3.06. The molecule has 0 aliphatic rings. The number of ether oxygens (including phenoxy) is 1. The molecule has 0 bridgehead atoms. The topological polar surface area (TPSA) is 68.5 Å². The molecule has 1 heterocycles. The Bertz CT molecular complexity index is 1260. The predicted octanol–water partition coefficient (Wildman–Crippen LogP) is 5.76. The van der Waals surface area contributed by atoms with Crippen LogP contribution in [0, 0.1) is 0 Å². The maximum absolute atomic E-state index is 12.7. The SMILES string of the molecule is CCOc1ccc(-c2cc(=O)c3cc(NC(=O)c4ccc(Cl)cc4)ccc3o2)cc1. The molecule has 0 radical (unpaired) electrons. The molecule has 1 amide bonds. The van der Waals surface area contributed by atoms with Crippen LogP contribution in [-0.2, 0) is 0 Å². The molecule has 30 heavy (non-hydrogen) atoms. The van der Waals surface area contributed by atoms with Gasteiger partial charge in [0.05, 0.1) is 12.0 Å². The molecule has 3 aromatic carbocycles. The van der Waals surface area contributed by atoms with Crippen LogP contribution in [0.3, 0.4) is 0 Å². The molecule has 0 spiro atoms. The first-order valence-electron chi connectivity index (χ1n) is 9.41. The summed E-state index contributed by atoms with van der Waals surface area (Å²) in [7, 11) is 0. The van der Waals surface area contributed by atoms with Crippen LogP contribution >= 0.6 is 11.6 Å². The average molecular weight is 420 g/mol. The van der Waals surface area contributed by atoms with Crippen LogP contribution in [0.5, 0.6) is 5.75 Å². The number of amides is 1. The molecule has 6 heteroatoms. The lowest BCUT2D eigenvalue weighted by molar-refractivity contribution is 0.102. The zero-order chi connectivity index (χ0) is 21.1. The van der Waals surface area contributed by atoms with Crippen molar-refractivity contribution < 1.29 is 13.9 Å². The summed E-state index contributed by atoms with van der Waals surface area (Å²) in [6.07, 6.45) is 0. The Balaban J connectivity index is 1.61. The highest BCUT2D eigenvalue weighted by atomic mass is 35.5.